The lowest BCUT2D eigenvalue weighted by atomic mass is 9.87. The highest BCUT2D eigenvalue weighted by atomic mass is 16.6. The smallest absolute Gasteiger partial charge is 0.410 e. The fourth-order valence-electron chi connectivity index (χ4n) is 2.74. The highest BCUT2D eigenvalue weighted by Crippen LogP contribution is 2.32. The second-order valence-electron chi connectivity index (χ2n) is 6.86. The predicted octanol–water partition coefficient (Wildman–Crippen LogP) is 3.75. The number of aromatic hydroxyl groups is 1. The Labute approximate surface area is 126 Å². The van der Waals surface area contributed by atoms with E-state index >= 15 is 0 Å². The van der Waals surface area contributed by atoms with Crippen molar-refractivity contribution in [1.29, 1.82) is 0 Å². The van der Waals surface area contributed by atoms with Crippen LogP contribution >= 0.6 is 0 Å². The van der Waals surface area contributed by atoms with Crippen molar-refractivity contribution in [2.75, 3.05) is 13.1 Å². The SMILES string of the molecule is CC(c1ccc(O)cc1)C1CCN(C(=O)OC(C)(C)C)C1. The Balaban J connectivity index is 1.95. The molecule has 0 radical (unpaired) electrons. The highest BCUT2D eigenvalue weighted by molar-refractivity contribution is 5.68. The van der Waals surface area contributed by atoms with E-state index in [0.717, 1.165) is 19.5 Å². The number of nitrogens with zero attached hydrogens (tertiary/aromatic N) is 1. The molecule has 1 saturated heterocycles. The molecular weight excluding hydrogens is 266 g/mol. The Bertz CT molecular complexity index is 490. The maximum atomic E-state index is 12.1. The first-order valence-corrected chi connectivity index (χ1v) is 7.53. The highest BCUT2D eigenvalue weighted by Gasteiger charge is 2.32. The van der Waals surface area contributed by atoms with E-state index in [1.54, 1.807) is 17.0 Å². The van der Waals surface area contributed by atoms with Crippen molar-refractivity contribution in [2.45, 2.75) is 45.6 Å². The summed E-state index contributed by atoms with van der Waals surface area (Å²) in [6.45, 7) is 9.32. The molecule has 1 aliphatic heterocycles. The van der Waals surface area contributed by atoms with Crippen molar-refractivity contribution in [3.8, 4) is 5.75 Å². The monoisotopic (exact) mass is 291 g/mol. The first kappa shape index (κ1) is 15.7. The van der Waals surface area contributed by atoms with Crippen molar-refractivity contribution in [3.05, 3.63) is 29.8 Å². The lowest BCUT2D eigenvalue weighted by molar-refractivity contribution is 0.0287. The van der Waals surface area contributed by atoms with E-state index in [9.17, 15) is 9.90 Å². The van der Waals surface area contributed by atoms with Crippen LogP contribution in [0.3, 0.4) is 0 Å². The standard InChI is InChI=1S/C17H25NO3/c1-12(13-5-7-15(19)8-6-13)14-9-10-18(11-14)16(20)21-17(2,3)4/h5-8,12,14,19H,9-11H2,1-4H3. The van der Waals surface area contributed by atoms with Crippen LogP contribution in [0.1, 0.15) is 45.6 Å². The van der Waals surface area contributed by atoms with Gasteiger partial charge in [0.1, 0.15) is 11.4 Å². The lowest BCUT2D eigenvalue weighted by Crippen LogP contribution is -2.35. The zero-order valence-corrected chi connectivity index (χ0v) is 13.3. The predicted molar refractivity (Wildman–Crippen MR) is 82.4 cm³/mol. The van der Waals surface area contributed by atoms with Crippen LogP contribution in [0, 0.1) is 5.92 Å². The normalized spacial score (nSPS) is 20.4. The largest absolute Gasteiger partial charge is 0.508 e. The third-order valence-corrected chi connectivity index (χ3v) is 4.00. The van der Waals surface area contributed by atoms with Gasteiger partial charge in [0.2, 0.25) is 0 Å². The fraction of sp³-hybridized carbons (Fsp3) is 0.588. The maximum Gasteiger partial charge on any atom is 0.410 e. The summed E-state index contributed by atoms with van der Waals surface area (Å²) >= 11 is 0. The van der Waals surface area contributed by atoms with Gasteiger partial charge in [0.15, 0.2) is 0 Å². The van der Waals surface area contributed by atoms with Crippen molar-refractivity contribution in [2.24, 2.45) is 5.92 Å². The van der Waals surface area contributed by atoms with E-state index in [1.807, 2.05) is 32.9 Å². The van der Waals surface area contributed by atoms with E-state index in [-0.39, 0.29) is 11.8 Å². The van der Waals surface area contributed by atoms with Gasteiger partial charge in [0.25, 0.3) is 0 Å². The van der Waals surface area contributed by atoms with Crippen molar-refractivity contribution < 1.29 is 14.6 Å². The molecule has 1 fully saturated rings. The molecule has 4 nitrogen and oxygen atoms in total. The van der Waals surface area contributed by atoms with Crippen LogP contribution in [0.25, 0.3) is 0 Å². The third-order valence-electron chi connectivity index (χ3n) is 4.00. The van der Waals surface area contributed by atoms with Gasteiger partial charge in [-0.05, 0) is 56.7 Å². The summed E-state index contributed by atoms with van der Waals surface area (Å²) in [5.74, 6) is 1.08. The molecule has 0 aromatic heterocycles. The molecule has 0 aliphatic carbocycles. The summed E-state index contributed by atoms with van der Waals surface area (Å²) in [5, 5.41) is 9.36. The zero-order chi connectivity index (χ0) is 15.6. The van der Waals surface area contributed by atoms with E-state index in [1.165, 1.54) is 5.56 Å². The number of likely N-dealkylation sites (tertiary alicyclic amines) is 1. The van der Waals surface area contributed by atoms with Crippen LogP contribution in [0.2, 0.25) is 0 Å². The number of ether oxygens (including phenoxy) is 1. The van der Waals surface area contributed by atoms with Crippen LogP contribution in [0.4, 0.5) is 4.79 Å². The summed E-state index contributed by atoms with van der Waals surface area (Å²) < 4.78 is 5.43. The van der Waals surface area contributed by atoms with Gasteiger partial charge in [-0.1, -0.05) is 19.1 Å². The number of phenols is 1. The van der Waals surface area contributed by atoms with Crippen LogP contribution in [-0.2, 0) is 4.74 Å². The van der Waals surface area contributed by atoms with Gasteiger partial charge in [0, 0.05) is 13.1 Å². The van der Waals surface area contributed by atoms with E-state index in [2.05, 4.69) is 6.92 Å². The summed E-state index contributed by atoms with van der Waals surface area (Å²) in [7, 11) is 0. The number of carbonyl (C=O) groups is 1. The second kappa shape index (κ2) is 5.96. The molecule has 2 atom stereocenters. The van der Waals surface area contributed by atoms with Gasteiger partial charge < -0.3 is 14.7 Å². The Hall–Kier alpha value is -1.71. The average Bonchev–Trinajstić information content (AvgIpc) is 2.86. The molecule has 1 aromatic carbocycles. The summed E-state index contributed by atoms with van der Waals surface area (Å²) in [6, 6.07) is 7.34. The van der Waals surface area contributed by atoms with Crippen LogP contribution in [0.15, 0.2) is 24.3 Å². The number of amides is 1. The molecule has 21 heavy (non-hydrogen) atoms. The number of rotatable bonds is 2. The number of carbonyl (C=O) groups excluding carboxylic acids is 1. The molecule has 1 N–H and O–H groups in total. The van der Waals surface area contributed by atoms with Crippen LogP contribution in [0.5, 0.6) is 5.75 Å². The van der Waals surface area contributed by atoms with E-state index in [0.29, 0.717) is 11.8 Å². The molecule has 4 heteroatoms. The zero-order valence-electron chi connectivity index (χ0n) is 13.3. The Morgan fingerprint density at radius 2 is 1.95 bits per heavy atom. The molecular formula is C17H25NO3. The van der Waals surface area contributed by atoms with Gasteiger partial charge in [-0.3, -0.25) is 0 Å². The Morgan fingerprint density at radius 1 is 1.33 bits per heavy atom. The van der Waals surface area contributed by atoms with Gasteiger partial charge in [-0.15, -0.1) is 0 Å². The molecule has 1 aliphatic rings. The molecule has 2 rings (SSSR count). The molecule has 0 saturated carbocycles. The van der Waals surface area contributed by atoms with Crippen molar-refractivity contribution in [1.82, 2.24) is 4.90 Å². The minimum atomic E-state index is -0.447. The molecule has 1 heterocycles. The molecule has 1 amide bonds. The van der Waals surface area contributed by atoms with Crippen LogP contribution in [-0.4, -0.2) is 34.8 Å². The lowest BCUT2D eigenvalue weighted by Gasteiger charge is -2.25. The average molecular weight is 291 g/mol. The Kier molecular flexibility index (Phi) is 4.45. The van der Waals surface area contributed by atoms with Gasteiger partial charge in [0.05, 0.1) is 0 Å². The number of benzene rings is 1. The molecule has 0 spiro atoms. The first-order valence-electron chi connectivity index (χ1n) is 7.53. The van der Waals surface area contributed by atoms with Gasteiger partial charge >= 0.3 is 6.09 Å². The minimum absolute atomic E-state index is 0.220. The van der Waals surface area contributed by atoms with Crippen molar-refractivity contribution in [3.63, 3.8) is 0 Å². The third kappa shape index (κ3) is 4.13. The Morgan fingerprint density at radius 3 is 2.52 bits per heavy atom. The summed E-state index contributed by atoms with van der Waals surface area (Å²) in [5.41, 5.74) is 0.751. The van der Waals surface area contributed by atoms with Crippen molar-refractivity contribution >= 4 is 6.09 Å². The topological polar surface area (TPSA) is 49.8 Å². The first-order chi connectivity index (χ1) is 9.76. The minimum Gasteiger partial charge on any atom is -0.508 e. The quantitative estimate of drug-likeness (QED) is 0.902. The molecule has 1 aromatic rings. The number of hydrogen-bond donors (Lipinski definition) is 1. The van der Waals surface area contributed by atoms with Crippen LogP contribution < -0.4 is 0 Å². The second-order valence-corrected chi connectivity index (χ2v) is 6.86. The van der Waals surface area contributed by atoms with E-state index < -0.39 is 5.60 Å². The summed E-state index contributed by atoms with van der Waals surface area (Å²) in [6.07, 6.45) is 0.768. The maximum absolute atomic E-state index is 12.1. The molecule has 116 valence electrons. The van der Waals surface area contributed by atoms with Gasteiger partial charge in [-0.25, -0.2) is 4.79 Å². The van der Waals surface area contributed by atoms with Gasteiger partial charge in [-0.2, -0.15) is 0 Å². The number of hydrogen-bond acceptors (Lipinski definition) is 3. The summed E-state index contributed by atoms with van der Waals surface area (Å²) in [4.78, 5) is 13.9. The molecule has 2 unspecified atom stereocenters. The molecule has 0 bridgehead atoms. The number of phenolic OH excluding ortho intramolecular Hbond substituents is 1. The fourth-order valence-corrected chi connectivity index (χ4v) is 2.74. The van der Waals surface area contributed by atoms with E-state index in [4.69, 9.17) is 4.74 Å².